The molecule has 0 saturated carbocycles. The highest BCUT2D eigenvalue weighted by Gasteiger charge is 2.19. The molecule has 0 saturated heterocycles. The lowest BCUT2D eigenvalue weighted by Gasteiger charge is -2.16. The van der Waals surface area contributed by atoms with Gasteiger partial charge in [-0.05, 0) is 18.2 Å². The highest BCUT2D eigenvalue weighted by Crippen LogP contribution is 2.14. The zero-order valence-electron chi connectivity index (χ0n) is 9.67. The van der Waals surface area contributed by atoms with E-state index >= 15 is 0 Å². The number of nitrogens with one attached hydrogen (secondary N) is 1. The van der Waals surface area contributed by atoms with Crippen molar-refractivity contribution in [2.24, 2.45) is 0 Å². The van der Waals surface area contributed by atoms with Crippen LogP contribution in [0.5, 0.6) is 0 Å². The van der Waals surface area contributed by atoms with E-state index < -0.39 is 11.8 Å². The van der Waals surface area contributed by atoms with Crippen molar-refractivity contribution in [1.82, 2.24) is 5.32 Å². The smallest absolute Gasteiger partial charge is 0.316 e. The Labute approximate surface area is 104 Å². The van der Waals surface area contributed by atoms with Crippen LogP contribution < -0.4 is 10.2 Å². The lowest BCUT2D eigenvalue weighted by molar-refractivity contribution is -0.137. The molecule has 1 N–H and O–H groups in total. The van der Waals surface area contributed by atoms with Gasteiger partial charge >= 0.3 is 11.8 Å². The predicted molar refractivity (Wildman–Crippen MR) is 63.2 cm³/mol. The van der Waals surface area contributed by atoms with Crippen LogP contribution in [0.2, 0.25) is 0 Å². The minimum atomic E-state index is -0.860. The summed E-state index contributed by atoms with van der Waals surface area (Å²) >= 11 is 0. The van der Waals surface area contributed by atoms with E-state index in [9.17, 15) is 9.59 Å². The monoisotopic (exact) mass is 242 g/mol. The van der Waals surface area contributed by atoms with Gasteiger partial charge in [0.2, 0.25) is 0 Å². The van der Waals surface area contributed by atoms with Crippen molar-refractivity contribution < 1.29 is 9.59 Å². The summed E-state index contributed by atoms with van der Waals surface area (Å²) in [7, 11) is 1.42. The van der Waals surface area contributed by atoms with Crippen molar-refractivity contribution in [1.29, 1.82) is 10.5 Å². The summed E-state index contributed by atoms with van der Waals surface area (Å²) in [5, 5.41) is 19.2. The summed E-state index contributed by atoms with van der Waals surface area (Å²) in [6.07, 6.45) is 0. The Hall–Kier alpha value is -2.86. The number of carbonyl (C=O) groups is 2. The molecule has 0 unspecified atom stereocenters. The van der Waals surface area contributed by atoms with E-state index in [4.69, 9.17) is 10.5 Å². The quantitative estimate of drug-likeness (QED) is 0.590. The van der Waals surface area contributed by atoms with Crippen LogP contribution in [0.25, 0.3) is 0 Å². The molecule has 90 valence electrons. The number of likely N-dealkylation sites (N-methyl/N-ethyl adjacent to an activating group) is 1. The number of hydrogen-bond donors (Lipinski definition) is 1. The second-order valence-electron chi connectivity index (χ2n) is 3.37. The second-order valence-corrected chi connectivity index (χ2v) is 3.37. The first-order valence-corrected chi connectivity index (χ1v) is 5.03. The fourth-order valence-corrected chi connectivity index (χ4v) is 1.25. The highest BCUT2D eigenvalue weighted by atomic mass is 16.2. The molecular weight excluding hydrogens is 232 g/mol. The summed E-state index contributed by atoms with van der Waals surface area (Å²) in [5.74, 6) is -1.65. The first-order chi connectivity index (χ1) is 8.60. The molecule has 6 heteroatoms. The van der Waals surface area contributed by atoms with Crippen molar-refractivity contribution in [3.8, 4) is 12.1 Å². The number of benzene rings is 1. The maximum atomic E-state index is 11.7. The average Bonchev–Trinajstić information content (AvgIpc) is 2.43. The first kappa shape index (κ1) is 13.2. The van der Waals surface area contributed by atoms with Crippen LogP contribution in [0, 0.1) is 22.7 Å². The number of amides is 2. The van der Waals surface area contributed by atoms with Gasteiger partial charge in [0.05, 0.1) is 17.7 Å². The fourth-order valence-electron chi connectivity index (χ4n) is 1.25. The van der Waals surface area contributed by atoms with Crippen molar-refractivity contribution in [2.75, 3.05) is 18.5 Å². The Morgan fingerprint density at radius 2 is 2.11 bits per heavy atom. The normalized spacial score (nSPS) is 8.83. The van der Waals surface area contributed by atoms with Gasteiger partial charge in [0.1, 0.15) is 6.54 Å². The summed E-state index contributed by atoms with van der Waals surface area (Å²) in [4.78, 5) is 24.1. The zero-order chi connectivity index (χ0) is 13.5. The van der Waals surface area contributed by atoms with Gasteiger partial charge in [0.25, 0.3) is 0 Å². The highest BCUT2D eigenvalue weighted by molar-refractivity contribution is 6.40. The van der Waals surface area contributed by atoms with E-state index in [0.29, 0.717) is 11.3 Å². The molecule has 6 nitrogen and oxygen atoms in total. The van der Waals surface area contributed by atoms with E-state index in [0.717, 1.165) is 4.90 Å². The Bertz CT molecular complexity index is 554. The molecular formula is C12H10N4O2. The fraction of sp³-hybridized carbons (Fsp3) is 0.167. The van der Waals surface area contributed by atoms with Crippen molar-refractivity contribution in [2.45, 2.75) is 0 Å². The van der Waals surface area contributed by atoms with Gasteiger partial charge in [-0.25, -0.2) is 0 Å². The largest absolute Gasteiger partial charge is 0.335 e. The molecule has 0 spiro atoms. The number of nitriles is 2. The molecule has 0 aliphatic carbocycles. The molecule has 0 heterocycles. The van der Waals surface area contributed by atoms with Crippen LogP contribution in [-0.2, 0) is 9.59 Å². The van der Waals surface area contributed by atoms with Crippen LogP contribution in [-0.4, -0.2) is 25.4 Å². The molecule has 0 aliphatic rings. The molecule has 0 atom stereocenters. The van der Waals surface area contributed by atoms with E-state index in [1.165, 1.54) is 13.1 Å². The minimum absolute atomic E-state index is 0.226. The minimum Gasteiger partial charge on any atom is -0.335 e. The van der Waals surface area contributed by atoms with Crippen molar-refractivity contribution in [3.63, 3.8) is 0 Å². The topological polar surface area (TPSA) is 97.0 Å². The van der Waals surface area contributed by atoms with E-state index in [1.807, 2.05) is 6.07 Å². The third kappa shape index (κ3) is 3.06. The van der Waals surface area contributed by atoms with Gasteiger partial charge in [-0.1, -0.05) is 6.07 Å². The molecule has 1 aromatic rings. The number of nitrogens with zero attached hydrogens (tertiary/aromatic N) is 3. The molecule has 1 aromatic carbocycles. The first-order valence-electron chi connectivity index (χ1n) is 5.03. The molecule has 18 heavy (non-hydrogen) atoms. The number of hydrogen-bond acceptors (Lipinski definition) is 4. The summed E-state index contributed by atoms with van der Waals surface area (Å²) < 4.78 is 0. The lowest BCUT2D eigenvalue weighted by Crippen LogP contribution is -2.41. The van der Waals surface area contributed by atoms with Gasteiger partial charge in [-0.15, -0.1) is 0 Å². The Balaban J connectivity index is 2.84. The third-order valence-electron chi connectivity index (χ3n) is 2.19. The van der Waals surface area contributed by atoms with Crippen LogP contribution in [0.4, 0.5) is 5.69 Å². The van der Waals surface area contributed by atoms with E-state index in [-0.39, 0.29) is 6.54 Å². The van der Waals surface area contributed by atoms with Crippen LogP contribution >= 0.6 is 0 Å². The number of rotatable bonds is 2. The second kappa shape index (κ2) is 6.02. The maximum absolute atomic E-state index is 11.7. The molecule has 1 rings (SSSR count). The van der Waals surface area contributed by atoms with Crippen molar-refractivity contribution >= 4 is 17.5 Å². The predicted octanol–water partition coefficient (Wildman–Crippen LogP) is 0.161. The van der Waals surface area contributed by atoms with Gasteiger partial charge in [-0.3, -0.25) is 9.59 Å². The maximum Gasteiger partial charge on any atom is 0.316 e. The van der Waals surface area contributed by atoms with Crippen LogP contribution in [0.1, 0.15) is 5.56 Å². The molecule has 0 aliphatic heterocycles. The molecule has 0 aromatic heterocycles. The third-order valence-corrected chi connectivity index (χ3v) is 2.19. The van der Waals surface area contributed by atoms with Crippen LogP contribution in [0.3, 0.4) is 0 Å². The zero-order valence-corrected chi connectivity index (χ0v) is 9.67. The summed E-state index contributed by atoms with van der Waals surface area (Å²) in [6, 6.07) is 9.96. The Kier molecular flexibility index (Phi) is 4.42. The van der Waals surface area contributed by atoms with Crippen LogP contribution in [0.15, 0.2) is 24.3 Å². The van der Waals surface area contributed by atoms with Gasteiger partial charge in [0, 0.05) is 12.7 Å². The van der Waals surface area contributed by atoms with Gasteiger partial charge in [0.15, 0.2) is 0 Å². The summed E-state index contributed by atoms with van der Waals surface area (Å²) in [6.45, 7) is -0.226. The van der Waals surface area contributed by atoms with E-state index in [1.54, 1.807) is 24.3 Å². The number of anilines is 1. The lowest BCUT2D eigenvalue weighted by atomic mass is 10.2. The molecule has 0 bridgehead atoms. The Morgan fingerprint density at radius 1 is 1.39 bits per heavy atom. The average molecular weight is 242 g/mol. The number of carbonyl (C=O) groups excluding carboxylic acids is 2. The Morgan fingerprint density at radius 3 is 2.72 bits per heavy atom. The standard InChI is InChI=1S/C12H10N4O2/c1-16(12(18)11(17)15-6-5-13)10-4-2-3-9(7-10)8-14/h2-4,7H,6H2,1H3,(H,15,17). The van der Waals surface area contributed by atoms with Gasteiger partial charge < -0.3 is 10.2 Å². The summed E-state index contributed by atoms with van der Waals surface area (Å²) in [5.41, 5.74) is 0.829. The van der Waals surface area contributed by atoms with Gasteiger partial charge in [-0.2, -0.15) is 10.5 Å². The molecule has 0 fully saturated rings. The molecule has 2 amide bonds. The molecule has 0 radical (unpaired) electrons. The van der Waals surface area contributed by atoms with Crippen molar-refractivity contribution in [3.05, 3.63) is 29.8 Å². The SMILES string of the molecule is CN(C(=O)C(=O)NCC#N)c1cccc(C#N)c1. The van der Waals surface area contributed by atoms with E-state index in [2.05, 4.69) is 5.32 Å².